The third kappa shape index (κ3) is 5.20. The average Bonchev–Trinajstić information content (AvgIpc) is 3.60. The minimum atomic E-state index is -0.919. The molecule has 0 radical (unpaired) electrons. The summed E-state index contributed by atoms with van der Waals surface area (Å²) in [6.07, 6.45) is 12.3. The molecule has 1 aliphatic heterocycles. The van der Waals surface area contributed by atoms with Crippen LogP contribution in [-0.4, -0.2) is 54.5 Å². The number of pyridine rings is 1. The van der Waals surface area contributed by atoms with Crippen molar-refractivity contribution in [3.8, 4) is 22.6 Å². The number of carbonyl (C=O) groups is 2. The van der Waals surface area contributed by atoms with Gasteiger partial charge in [0, 0.05) is 30.9 Å². The lowest BCUT2D eigenvalue weighted by molar-refractivity contribution is -0.132. The van der Waals surface area contributed by atoms with E-state index in [4.69, 9.17) is 4.98 Å². The molecule has 1 aliphatic carbocycles. The number of piperidine rings is 1. The Hall–Kier alpha value is -4.11. The van der Waals surface area contributed by atoms with Gasteiger partial charge in [-0.2, -0.15) is 0 Å². The van der Waals surface area contributed by atoms with Crippen LogP contribution in [0, 0.1) is 6.92 Å². The van der Waals surface area contributed by atoms with Gasteiger partial charge >= 0.3 is 5.97 Å². The number of thiophene rings is 1. The fraction of sp³-hybridized carbons (Fsp3) is 0.382. The number of aryl methyl sites for hydroxylation is 1. The lowest BCUT2D eigenvalue weighted by atomic mass is 9.83. The number of hydrogen-bond acceptors (Lipinski definition) is 6. The standard InChI is InChI=1S/C34H35N5O3S/c1-21-31(36-15-14-35-21)26-13-10-23-18-24(11-12-25(23)37-26)32-30(22-8-4-2-5-9-22)33-27(19-28(43-33)34(41)42)39(32)20-29(40)38-16-6-3-7-17-38/h10-15,18-19,22H,2-9,16-17,20H2,1H3,(H,41,42). The maximum atomic E-state index is 13.7. The third-order valence-electron chi connectivity index (χ3n) is 9.09. The fourth-order valence-corrected chi connectivity index (χ4v) is 8.07. The largest absolute Gasteiger partial charge is 0.477 e. The number of carboxylic acid groups (broad SMARTS) is 1. The number of aromatic nitrogens is 4. The average molecular weight is 594 g/mol. The van der Waals surface area contributed by atoms with Crippen LogP contribution in [0.2, 0.25) is 0 Å². The van der Waals surface area contributed by atoms with Crippen molar-refractivity contribution >= 4 is 44.3 Å². The fourth-order valence-electron chi connectivity index (χ4n) is 6.94. The van der Waals surface area contributed by atoms with Crippen LogP contribution in [0.5, 0.6) is 0 Å². The minimum absolute atomic E-state index is 0.0996. The van der Waals surface area contributed by atoms with Gasteiger partial charge in [-0.15, -0.1) is 11.3 Å². The van der Waals surface area contributed by atoms with Crippen LogP contribution in [0.25, 0.3) is 43.8 Å². The van der Waals surface area contributed by atoms with Gasteiger partial charge in [0.25, 0.3) is 0 Å². The predicted molar refractivity (Wildman–Crippen MR) is 170 cm³/mol. The number of carboxylic acids is 1. The maximum absolute atomic E-state index is 13.7. The molecular weight excluding hydrogens is 558 g/mol. The lowest BCUT2D eigenvalue weighted by Crippen LogP contribution is -2.37. The number of likely N-dealkylation sites (tertiary alicyclic amines) is 1. The number of nitrogens with zero attached hydrogens (tertiary/aromatic N) is 5. The van der Waals surface area contributed by atoms with Crippen molar-refractivity contribution in [2.45, 2.75) is 70.8 Å². The summed E-state index contributed by atoms with van der Waals surface area (Å²) in [5.41, 5.74) is 7.39. The van der Waals surface area contributed by atoms with E-state index in [1.807, 2.05) is 24.0 Å². The summed E-state index contributed by atoms with van der Waals surface area (Å²) in [4.78, 5) is 41.9. The first kappa shape index (κ1) is 27.7. The molecule has 2 aliphatic rings. The molecular formula is C34H35N5O3S. The molecule has 7 rings (SSSR count). The van der Waals surface area contributed by atoms with Crippen LogP contribution in [0.4, 0.5) is 0 Å². The first-order valence-electron chi connectivity index (χ1n) is 15.3. The Balaban J connectivity index is 1.39. The molecule has 0 atom stereocenters. The summed E-state index contributed by atoms with van der Waals surface area (Å²) in [7, 11) is 0. The number of carbonyl (C=O) groups excluding carboxylic acids is 1. The highest BCUT2D eigenvalue weighted by atomic mass is 32.1. The van der Waals surface area contributed by atoms with E-state index in [2.05, 4.69) is 32.7 Å². The van der Waals surface area contributed by atoms with Gasteiger partial charge in [-0.3, -0.25) is 14.8 Å². The van der Waals surface area contributed by atoms with Gasteiger partial charge < -0.3 is 14.6 Å². The van der Waals surface area contributed by atoms with Gasteiger partial charge in [0.15, 0.2) is 0 Å². The van der Waals surface area contributed by atoms with Gasteiger partial charge in [-0.1, -0.05) is 31.4 Å². The van der Waals surface area contributed by atoms with Crippen molar-refractivity contribution in [2.24, 2.45) is 0 Å². The number of fused-ring (bicyclic) bond motifs is 2. The molecule has 1 saturated heterocycles. The zero-order valence-electron chi connectivity index (χ0n) is 24.4. The highest BCUT2D eigenvalue weighted by Gasteiger charge is 2.30. The molecule has 0 unspecified atom stereocenters. The monoisotopic (exact) mass is 593 g/mol. The molecule has 43 heavy (non-hydrogen) atoms. The Bertz CT molecular complexity index is 1850. The van der Waals surface area contributed by atoms with E-state index >= 15 is 0 Å². The zero-order chi connectivity index (χ0) is 29.5. The van der Waals surface area contributed by atoms with Crippen LogP contribution in [0.15, 0.2) is 48.8 Å². The zero-order valence-corrected chi connectivity index (χ0v) is 25.2. The lowest BCUT2D eigenvalue weighted by Gasteiger charge is -2.28. The van der Waals surface area contributed by atoms with E-state index < -0.39 is 5.97 Å². The maximum Gasteiger partial charge on any atom is 0.345 e. The molecule has 4 aromatic heterocycles. The third-order valence-corrected chi connectivity index (χ3v) is 10.2. The molecule has 5 aromatic rings. The minimum Gasteiger partial charge on any atom is -0.477 e. The Labute approximate surface area is 254 Å². The first-order valence-corrected chi connectivity index (χ1v) is 16.2. The van der Waals surface area contributed by atoms with Gasteiger partial charge in [0.2, 0.25) is 5.91 Å². The molecule has 1 N–H and O–H groups in total. The molecule has 2 fully saturated rings. The summed E-state index contributed by atoms with van der Waals surface area (Å²) in [5, 5.41) is 10.9. The topological polar surface area (TPSA) is 101 Å². The number of aromatic carboxylic acids is 1. The highest BCUT2D eigenvalue weighted by Crippen LogP contribution is 2.47. The summed E-state index contributed by atoms with van der Waals surface area (Å²) < 4.78 is 3.13. The quantitative estimate of drug-likeness (QED) is 0.220. The summed E-state index contributed by atoms with van der Waals surface area (Å²) >= 11 is 1.35. The van der Waals surface area contributed by atoms with E-state index in [1.54, 1.807) is 18.5 Å². The van der Waals surface area contributed by atoms with Gasteiger partial charge in [0.05, 0.1) is 32.8 Å². The molecule has 5 heterocycles. The van der Waals surface area contributed by atoms with Crippen LogP contribution in [0.3, 0.4) is 0 Å². The van der Waals surface area contributed by atoms with Crippen molar-refractivity contribution in [3.63, 3.8) is 0 Å². The molecule has 8 nitrogen and oxygen atoms in total. The second-order valence-corrected chi connectivity index (χ2v) is 12.9. The van der Waals surface area contributed by atoms with Crippen LogP contribution in [0.1, 0.15) is 78.2 Å². The number of benzene rings is 1. The Kier molecular flexibility index (Phi) is 7.43. The van der Waals surface area contributed by atoms with Crippen LogP contribution in [-0.2, 0) is 11.3 Å². The van der Waals surface area contributed by atoms with E-state index in [-0.39, 0.29) is 12.5 Å². The van der Waals surface area contributed by atoms with Crippen molar-refractivity contribution in [1.29, 1.82) is 0 Å². The number of amides is 1. The molecule has 0 spiro atoms. The van der Waals surface area contributed by atoms with Crippen LogP contribution >= 0.6 is 11.3 Å². The van der Waals surface area contributed by atoms with Crippen molar-refractivity contribution in [1.82, 2.24) is 24.4 Å². The van der Waals surface area contributed by atoms with Gasteiger partial charge in [0.1, 0.15) is 17.1 Å². The SMILES string of the molecule is Cc1nccnc1-c1ccc2cc(-c3c(C4CCCCC4)c4sc(C(=O)O)cc4n3CC(=O)N3CCCCC3)ccc2n1. The molecule has 9 heteroatoms. The second-order valence-electron chi connectivity index (χ2n) is 11.8. The molecule has 1 amide bonds. The summed E-state index contributed by atoms with van der Waals surface area (Å²) in [6, 6.07) is 12.2. The Morgan fingerprint density at radius 1 is 0.953 bits per heavy atom. The normalized spacial score (nSPS) is 16.3. The summed E-state index contributed by atoms with van der Waals surface area (Å²) in [5.74, 6) is -0.492. The van der Waals surface area contributed by atoms with Crippen molar-refractivity contribution < 1.29 is 14.7 Å². The second kappa shape index (κ2) is 11.5. The Morgan fingerprint density at radius 3 is 2.49 bits per heavy atom. The molecule has 0 bridgehead atoms. The number of rotatable bonds is 6. The van der Waals surface area contributed by atoms with Crippen molar-refractivity contribution in [2.75, 3.05) is 13.1 Å². The molecule has 1 saturated carbocycles. The van der Waals surface area contributed by atoms with E-state index in [0.29, 0.717) is 10.8 Å². The van der Waals surface area contributed by atoms with Gasteiger partial charge in [-0.25, -0.2) is 9.78 Å². The molecule has 220 valence electrons. The summed E-state index contributed by atoms with van der Waals surface area (Å²) in [6.45, 7) is 3.71. The molecule has 1 aromatic carbocycles. The van der Waals surface area contributed by atoms with E-state index in [0.717, 1.165) is 107 Å². The Morgan fingerprint density at radius 2 is 1.72 bits per heavy atom. The number of hydrogen-bond donors (Lipinski definition) is 1. The van der Waals surface area contributed by atoms with E-state index in [9.17, 15) is 14.7 Å². The smallest absolute Gasteiger partial charge is 0.345 e. The highest BCUT2D eigenvalue weighted by molar-refractivity contribution is 7.21. The predicted octanol–water partition coefficient (Wildman–Crippen LogP) is 7.44. The van der Waals surface area contributed by atoms with Gasteiger partial charge in [-0.05, 0) is 80.3 Å². The van der Waals surface area contributed by atoms with E-state index in [1.165, 1.54) is 23.3 Å². The van der Waals surface area contributed by atoms with Crippen LogP contribution < -0.4 is 0 Å². The first-order chi connectivity index (χ1) is 21.0. The van der Waals surface area contributed by atoms with Crippen molar-refractivity contribution in [3.05, 3.63) is 64.9 Å².